The van der Waals surface area contributed by atoms with Crippen LogP contribution in [-0.2, 0) is 21.7 Å². The molecule has 1 atom stereocenters. The van der Waals surface area contributed by atoms with Gasteiger partial charge in [0, 0.05) is 16.8 Å². The Balaban J connectivity index is 2.12. The normalized spacial score (nSPS) is 22.2. The largest absolute Gasteiger partial charge is 0.416 e. The second kappa shape index (κ2) is 6.45. The minimum atomic E-state index is -4.68. The summed E-state index contributed by atoms with van der Waals surface area (Å²) in [6, 6.07) is 3.90. The number of nitrogens with two attached hydrogens (primary N) is 1. The lowest BCUT2D eigenvalue weighted by molar-refractivity contribution is -0.137. The van der Waals surface area contributed by atoms with Crippen molar-refractivity contribution in [3.63, 3.8) is 0 Å². The van der Waals surface area contributed by atoms with Crippen LogP contribution in [0.5, 0.6) is 0 Å². The van der Waals surface area contributed by atoms with Gasteiger partial charge in [0.25, 0.3) is 0 Å². The highest BCUT2D eigenvalue weighted by atomic mass is 32.2. The first kappa shape index (κ1) is 20.6. The summed E-state index contributed by atoms with van der Waals surface area (Å²) in [5.74, 6) is -1.52. The lowest BCUT2D eigenvalue weighted by atomic mass is 10.00. The standard InChI is InChI=1S/C17H17F4N3O2S2/c1-9-4-13(10-5-11(17(19,20)21)7-12(18)6-10)27-14(9)16(2)8-28(25,26)24(3)15(22)23-16/h4-7H,8H2,1-3H3,(H2,22,23)/t16-/m0/s1. The van der Waals surface area contributed by atoms with E-state index in [0.717, 1.165) is 27.8 Å². The molecular formula is C17H17F4N3O2S2. The average Bonchev–Trinajstić information content (AvgIpc) is 2.93. The Morgan fingerprint density at radius 3 is 2.46 bits per heavy atom. The van der Waals surface area contributed by atoms with Crippen LogP contribution in [0, 0.1) is 12.7 Å². The van der Waals surface area contributed by atoms with Crippen LogP contribution in [0.2, 0.25) is 0 Å². The third-order valence-electron chi connectivity index (χ3n) is 4.48. The van der Waals surface area contributed by atoms with E-state index in [1.807, 2.05) is 0 Å². The number of alkyl halides is 3. The van der Waals surface area contributed by atoms with E-state index >= 15 is 0 Å². The van der Waals surface area contributed by atoms with E-state index in [1.54, 1.807) is 19.9 Å². The van der Waals surface area contributed by atoms with Crippen LogP contribution in [0.3, 0.4) is 0 Å². The van der Waals surface area contributed by atoms with Gasteiger partial charge >= 0.3 is 6.18 Å². The average molecular weight is 435 g/mol. The molecule has 0 saturated heterocycles. The molecule has 0 spiro atoms. The van der Waals surface area contributed by atoms with Gasteiger partial charge in [0.15, 0.2) is 0 Å². The van der Waals surface area contributed by atoms with Crippen LogP contribution in [0.1, 0.15) is 22.9 Å². The molecule has 1 aromatic heterocycles. The fourth-order valence-electron chi connectivity index (χ4n) is 3.12. The van der Waals surface area contributed by atoms with Crippen LogP contribution >= 0.6 is 11.3 Å². The molecule has 0 saturated carbocycles. The van der Waals surface area contributed by atoms with Crippen molar-refractivity contribution in [1.29, 1.82) is 0 Å². The minimum Gasteiger partial charge on any atom is -0.369 e. The molecule has 1 aliphatic rings. The van der Waals surface area contributed by atoms with Crippen LogP contribution in [0.15, 0.2) is 29.3 Å². The first-order chi connectivity index (χ1) is 12.7. The molecule has 152 valence electrons. The summed E-state index contributed by atoms with van der Waals surface area (Å²) in [4.78, 5) is 5.22. The third kappa shape index (κ3) is 3.60. The van der Waals surface area contributed by atoms with Gasteiger partial charge in [-0.2, -0.15) is 13.2 Å². The lowest BCUT2D eigenvalue weighted by Crippen LogP contribution is -2.50. The summed E-state index contributed by atoms with van der Waals surface area (Å²) >= 11 is 1.07. The minimum absolute atomic E-state index is 0.0583. The third-order valence-corrected chi connectivity index (χ3v) is 7.97. The van der Waals surface area contributed by atoms with E-state index < -0.39 is 33.1 Å². The number of hydrogen-bond acceptors (Lipinski definition) is 5. The lowest BCUT2D eigenvalue weighted by Gasteiger charge is -2.34. The number of rotatable bonds is 2. The smallest absolute Gasteiger partial charge is 0.369 e. The fraction of sp³-hybridized carbons (Fsp3) is 0.353. The summed E-state index contributed by atoms with van der Waals surface area (Å²) in [6.45, 7) is 3.29. The Labute approximate surface area is 163 Å². The monoisotopic (exact) mass is 435 g/mol. The molecule has 0 amide bonds. The van der Waals surface area contributed by atoms with Gasteiger partial charge in [-0.1, -0.05) is 0 Å². The van der Waals surface area contributed by atoms with Crippen molar-refractivity contribution in [2.45, 2.75) is 25.6 Å². The molecule has 0 aliphatic carbocycles. The van der Waals surface area contributed by atoms with E-state index in [4.69, 9.17) is 5.73 Å². The second-order valence-electron chi connectivity index (χ2n) is 6.82. The number of sulfonamides is 1. The molecule has 0 radical (unpaired) electrons. The molecule has 0 fully saturated rings. The van der Waals surface area contributed by atoms with Crippen LogP contribution in [0.25, 0.3) is 10.4 Å². The van der Waals surface area contributed by atoms with E-state index in [-0.39, 0.29) is 17.3 Å². The van der Waals surface area contributed by atoms with Crippen molar-refractivity contribution in [2.75, 3.05) is 12.8 Å². The Hall–Kier alpha value is -2.14. The van der Waals surface area contributed by atoms with E-state index in [9.17, 15) is 26.0 Å². The first-order valence-corrected chi connectivity index (χ1v) is 10.5. The van der Waals surface area contributed by atoms with Crippen molar-refractivity contribution in [3.8, 4) is 10.4 Å². The van der Waals surface area contributed by atoms with Crippen molar-refractivity contribution in [2.24, 2.45) is 10.7 Å². The summed E-state index contributed by atoms with van der Waals surface area (Å²) in [5, 5.41) is 0. The number of nitrogens with zero attached hydrogens (tertiary/aromatic N) is 2. The van der Waals surface area contributed by atoms with Crippen LogP contribution < -0.4 is 5.73 Å². The highest BCUT2D eigenvalue weighted by Gasteiger charge is 2.42. The van der Waals surface area contributed by atoms with E-state index in [0.29, 0.717) is 21.4 Å². The van der Waals surface area contributed by atoms with Crippen molar-refractivity contribution in [1.82, 2.24) is 4.31 Å². The number of hydrogen-bond donors (Lipinski definition) is 1. The van der Waals surface area contributed by atoms with Gasteiger partial charge in [0.1, 0.15) is 11.4 Å². The molecule has 2 heterocycles. The zero-order valence-electron chi connectivity index (χ0n) is 15.1. The molecule has 1 aromatic carbocycles. The summed E-state index contributed by atoms with van der Waals surface area (Å²) in [7, 11) is -2.40. The van der Waals surface area contributed by atoms with Gasteiger partial charge in [0.05, 0.1) is 11.3 Å². The van der Waals surface area contributed by atoms with Gasteiger partial charge in [-0.3, -0.25) is 0 Å². The van der Waals surface area contributed by atoms with E-state index in [2.05, 4.69) is 4.99 Å². The highest BCUT2D eigenvalue weighted by Crippen LogP contribution is 2.43. The first-order valence-electron chi connectivity index (χ1n) is 8.04. The molecule has 28 heavy (non-hydrogen) atoms. The molecule has 2 aromatic rings. The van der Waals surface area contributed by atoms with Crippen molar-refractivity contribution in [3.05, 3.63) is 46.1 Å². The SMILES string of the molecule is Cc1cc(-c2cc(F)cc(C(F)(F)F)c2)sc1[C@]1(C)CS(=O)(=O)N(C)C(N)=N1. The van der Waals surface area contributed by atoms with Gasteiger partial charge in [-0.15, -0.1) is 11.3 Å². The topological polar surface area (TPSA) is 75.8 Å². The Bertz CT molecular complexity index is 1080. The van der Waals surface area contributed by atoms with Crippen LogP contribution in [0.4, 0.5) is 17.6 Å². The maximum Gasteiger partial charge on any atom is 0.416 e. The molecular weight excluding hydrogens is 418 g/mol. The molecule has 3 rings (SSSR count). The number of benzene rings is 1. The maximum atomic E-state index is 13.8. The predicted octanol–water partition coefficient (Wildman–Crippen LogP) is 3.69. The summed E-state index contributed by atoms with van der Waals surface area (Å²) in [5.41, 5.74) is 4.16. The van der Waals surface area contributed by atoms with Gasteiger partial charge in [0.2, 0.25) is 16.0 Å². The summed E-state index contributed by atoms with van der Waals surface area (Å²) in [6.07, 6.45) is -4.68. The number of aliphatic imine (C=N–C) groups is 1. The molecule has 11 heteroatoms. The Morgan fingerprint density at radius 2 is 1.89 bits per heavy atom. The summed E-state index contributed by atoms with van der Waals surface area (Å²) < 4.78 is 78.4. The van der Waals surface area contributed by atoms with Gasteiger partial charge < -0.3 is 5.73 Å². The highest BCUT2D eigenvalue weighted by molar-refractivity contribution is 7.89. The number of aryl methyl sites for hydroxylation is 1. The Morgan fingerprint density at radius 1 is 1.25 bits per heavy atom. The van der Waals surface area contributed by atoms with Crippen molar-refractivity contribution >= 4 is 27.3 Å². The van der Waals surface area contributed by atoms with Gasteiger partial charge in [-0.05, 0) is 49.2 Å². The second-order valence-corrected chi connectivity index (χ2v) is 9.87. The zero-order valence-corrected chi connectivity index (χ0v) is 16.8. The number of halogens is 4. The predicted molar refractivity (Wildman–Crippen MR) is 100.0 cm³/mol. The van der Waals surface area contributed by atoms with Gasteiger partial charge in [-0.25, -0.2) is 22.1 Å². The molecule has 0 bridgehead atoms. The van der Waals surface area contributed by atoms with Crippen molar-refractivity contribution < 1.29 is 26.0 Å². The number of thiophene rings is 1. The molecule has 1 aliphatic heterocycles. The molecule has 0 unspecified atom stereocenters. The quantitative estimate of drug-likeness (QED) is 0.731. The molecule has 2 N–H and O–H groups in total. The molecule has 5 nitrogen and oxygen atoms in total. The fourth-order valence-corrected chi connectivity index (χ4v) is 5.90. The number of guanidine groups is 1. The zero-order chi connectivity index (χ0) is 21.1. The van der Waals surface area contributed by atoms with E-state index in [1.165, 1.54) is 7.05 Å². The Kier molecular flexibility index (Phi) is 4.74. The maximum absolute atomic E-state index is 13.8. The van der Waals surface area contributed by atoms with Crippen LogP contribution in [-0.4, -0.2) is 31.5 Å².